The average molecular weight is 324 g/mol. The van der Waals surface area contributed by atoms with E-state index in [1.807, 2.05) is 13.0 Å². The summed E-state index contributed by atoms with van der Waals surface area (Å²) in [5, 5.41) is 0.839. The lowest BCUT2D eigenvalue weighted by molar-refractivity contribution is 0.480. The van der Waals surface area contributed by atoms with Crippen LogP contribution in [-0.2, 0) is 5.41 Å². The SMILES string of the molecule is Cc1cc(C(C)(C)C)ccc1Oc1cc(Cl)c(Cl)cc1N. The van der Waals surface area contributed by atoms with E-state index < -0.39 is 0 Å². The van der Waals surface area contributed by atoms with Crippen molar-refractivity contribution in [1.29, 1.82) is 0 Å². The van der Waals surface area contributed by atoms with Gasteiger partial charge in [-0.15, -0.1) is 0 Å². The molecule has 0 amide bonds. The van der Waals surface area contributed by atoms with Gasteiger partial charge < -0.3 is 10.5 Å². The zero-order valence-corrected chi connectivity index (χ0v) is 14.1. The van der Waals surface area contributed by atoms with Crippen molar-refractivity contribution in [1.82, 2.24) is 0 Å². The molecule has 0 fully saturated rings. The highest BCUT2D eigenvalue weighted by atomic mass is 35.5. The van der Waals surface area contributed by atoms with Crippen LogP contribution in [0.3, 0.4) is 0 Å². The van der Waals surface area contributed by atoms with Gasteiger partial charge in [0.05, 0.1) is 15.7 Å². The number of hydrogen-bond donors (Lipinski definition) is 1. The van der Waals surface area contributed by atoms with E-state index in [1.54, 1.807) is 12.1 Å². The molecule has 0 saturated carbocycles. The molecule has 0 saturated heterocycles. The van der Waals surface area contributed by atoms with Crippen molar-refractivity contribution in [3.8, 4) is 11.5 Å². The van der Waals surface area contributed by atoms with Gasteiger partial charge in [-0.3, -0.25) is 0 Å². The first-order chi connectivity index (χ1) is 9.68. The molecule has 4 heteroatoms. The van der Waals surface area contributed by atoms with Gasteiger partial charge in [-0.25, -0.2) is 0 Å². The lowest BCUT2D eigenvalue weighted by Crippen LogP contribution is -2.11. The highest BCUT2D eigenvalue weighted by molar-refractivity contribution is 6.42. The van der Waals surface area contributed by atoms with E-state index in [-0.39, 0.29) is 5.41 Å². The Bertz CT molecular complexity index is 675. The van der Waals surface area contributed by atoms with Gasteiger partial charge in [-0.05, 0) is 35.6 Å². The Kier molecular flexibility index (Phi) is 4.40. The molecule has 0 radical (unpaired) electrons. The molecule has 0 aliphatic carbocycles. The Balaban J connectivity index is 2.35. The highest BCUT2D eigenvalue weighted by Crippen LogP contribution is 2.36. The number of nitrogens with two attached hydrogens (primary N) is 1. The van der Waals surface area contributed by atoms with Gasteiger partial charge in [0.25, 0.3) is 0 Å². The highest BCUT2D eigenvalue weighted by Gasteiger charge is 2.15. The van der Waals surface area contributed by atoms with Crippen molar-refractivity contribution in [3.05, 3.63) is 51.5 Å². The molecule has 0 spiro atoms. The third-order valence-corrected chi connectivity index (χ3v) is 4.04. The molecule has 2 aromatic rings. The second-order valence-electron chi connectivity index (χ2n) is 6.14. The Morgan fingerprint density at radius 3 is 2.14 bits per heavy atom. The molecule has 2 aromatic carbocycles. The molecule has 112 valence electrons. The number of benzene rings is 2. The minimum atomic E-state index is 0.103. The number of ether oxygens (including phenoxy) is 1. The zero-order valence-electron chi connectivity index (χ0n) is 12.6. The number of halogens is 2. The Labute approximate surface area is 135 Å². The van der Waals surface area contributed by atoms with Gasteiger partial charge in [0, 0.05) is 6.07 Å². The van der Waals surface area contributed by atoms with Gasteiger partial charge >= 0.3 is 0 Å². The Morgan fingerprint density at radius 2 is 1.57 bits per heavy atom. The smallest absolute Gasteiger partial charge is 0.151 e. The van der Waals surface area contributed by atoms with Crippen LogP contribution >= 0.6 is 23.2 Å². The minimum Gasteiger partial charge on any atom is -0.455 e. The van der Waals surface area contributed by atoms with Crippen LogP contribution in [0.15, 0.2) is 30.3 Å². The van der Waals surface area contributed by atoms with E-state index in [1.165, 1.54) is 5.56 Å². The van der Waals surface area contributed by atoms with Gasteiger partial charge in [-0.2, -0.15) is 0 Å². The van der Waals surface area contributed by atoms with Gasteiger partial charge in [-0.1, -0.05) is 56.1 Å². The van der Waals surface area contributed by atoms with Gasteiger partial charge in [0.2, 0.25) is 0 Å². The average Bonchev–Trinajstić information content (AvgIpc) is 2.36. The maximum atomic E-state index is 6.01. The lowest BCUT2D eigenvalue weighted by atomic mass is 9.86. The number of aryl methyl sites for hydroxylation is 1. The summed E-state index contributed by atoms with van der Waals surface area (Å²) in [4.78, 5) is 0. The topological polar surface area (TPSA) is 35.2 Å². The zero-order chi connectivity index (χ0) is 15.8. The van der Waals surface area contributed by atoms with E-state index >= 15 is 0 Å². The van der Waals surface area contributed by atoms with Crippen molar-refractivity contribution >= 4 is 28.9 Å². The summed E-state index contributed by atoms with van der Waals surface area (Å²) in [6, 6.07) is 9.38. The number of nitrogen functional groups attached to an aromatic ring is 1. The van der Waals surface area contributed by atoms with E-state index in [0.29, 0.717) is 21.5 Å². The van der Waals surface area contributed by atoms with Crippen molar-refractivity contribution < 1.29 is 4.74 Å². The summed E-state index contributed by atoms with van der Waals surface area (Å²) in [6.07, 6.45) is 0. The molecule has 0 unspecified atom stereocenters. The molecule has 0 bridgehead atoms. The van der Waals surface area contributed by atoms with Crippen LogP contribution in [0.25, 0.3) is 0 Å². The maximum absolute atomic E-state index is 6.01. The fraction of sp³-hybridized carbons (Fsp3) is 0.294. The van der Waals surface area contributed by atoms with Crippen molar-refractivity contribution in [2.45, 2.75) is 33.1 Å². The molecule has 0 aliphatic heterocycles. The normalized spacial score (nSPS) is 11.5. The standard InChI is InChI=1S/C17H19Cl2NO/c1-10-7-11(17(2,3)4)5-6-15(10)21-16-9-13(19)12(18)8-14(16)20/h5-9H,20H2,1-4H3. The molecule has 0 heterocycles. The summed E-state index contributed by atoms with van der Waals surface area (Å²) in [5.74, 6) is 1.27. The summed E-state index contributed by atoms with van der Waals surface area (Å²) in [6.45, 7) is 8.55. The van der Waals surface area contributed by atoms with Crippen molar-refractivity contribution in [3.63, 3.8) is 0 Å². The molecule has 21 heavy (non-hydrogen) atoms. The molecule has 2 rings (SSSR count). The number of anilines is 1. The molecule has 2 N–H and O–H groups in total. The van der Waals surface area contributed by atoms with E-state index in [2.05, 4.69) is 32.9 Å². The fourth-order valence-electron chi connectivity index (χ4n) is 1.98. The molecule has 0 aliphatic rings. The second kappa shape index (κ2) is 5.78. The fourth-order valence-corrected chi connectivity index (χ4v) is 2.31. The van der Waals surface area contributed by atoms with Crippen LogP contribution in [0.5, 0.6) is 11.5 Å². The number of hydrogen-bond acceptors (Lipinski definition) is 2. The quantitative estimate of drug-likeness (QED) is 0.690. The van der Waals surface area contributed by atoms with Crippen LogP contribution in [-0.4, -0.2) is 0 Å². The van der Waals surface area contributed by atoms with Crippen LogP contribution < -0.4 is 10.5 Å². The van der Waals surface area contributed by atoms with Crippen LogP contribution in [0.4, 0.5) is 5.69 Å². The lowest BCUT2D eigenvalue weighted by Gasteiger charge is -2.21. The predicted octanol–water partition coefficient (Wildman–Crippen LogP) is 5.97. The summed E-state index contributed by atoms with van der Waals surface area (Å²) in [7, 11) is 0. The van der Waals surface area contributed by atoms with Crippen LogP contribution in [0.2, 0.25) is 10.0 Å². The van der Waals surface area contributed by atoms with E-state index in [4.69, 9.17) is 33.7 Å². The third-order valence-electron chi connectivity index (χ3n) is 3.31. The summed E-state index contributed by atoms with van der Waals surface area (Å²) in [5.41, 5.74) is 8.79. The molecular formula is C17H19Cl2NO. The third kappa shape index (κ3) is 3.63. The van der Waals surface area contributed by atoms with Gasteiger partial charge in [0.1, 0.15) is 5.75 Å². The molecule has 0 aromatic heterocycles. The summed E-state index contributed by atoms with van der Waals surface area (Å²) < 4.78 is 5.88. The van der Waals surface area contributed by atoms with Gasteiger partial charge in [0.15, 0.2) is 5.75 Å². The minimum absolute atomic E-state index is 0.103. The van der Waals surface area contributed by atoms with Crippen LogP contribution in [0.1, 0.15) is 31.9 Å². The monoisotopic (exact) mass is 323 g/mol. The molecular weight excluding hydrogens is 305 g/mol. The Morgan fingerprint density at radius 1 is 0.952 bits per heavy atom. The van der Waals surface area contributed by atoms with Crippen LogP contribution in [0, 0.1) is 6.92 Å². The Hall–Kier alpha value is -1.38. The van der Waals surface area contributed by atoms with Crippen molar-refractivity contribution in [2.24, 2.45) is 0 Å². The predicted molar refractivity (Wildman–Crippen MR) is 90.8 cm³/mol. The molecule has 0 atom stereocenters. The maximum Gasteiger partial charge on any atom is 0.151 e. The largest absolute Gasteiger partial charge is 0.455 e. The molecule has 2 nitrogen and oxygen atoms in total. The second-order valence-corrected chi connectivity index (χ2v) is 6.95. The van der Waals surface area contributed by atoms with Crippen molar-refractivity contribution in [2.75, 3.05) is 5.73 Å². The number of rotatable bonds is 2. The first kappa shape index (κ1) is 16.0. The summed E-state index contributed by atoms with van der Waals surface area (Å²) >= 11 is 11.9. The first-order valence-corrected chi connectivity index (χ1v) is 7.47. The van der Waals surface area contributed by atoms with E-state index in [0.717, 1.165) is 11.3 Å². The van der Waals surface area contributed by atoms with E-state index in [9.17, 15) is 0 Å². The first-order valence-electron chi connectivity index (χ1n) is 6.72.